The number of hydrogen-bond donors (Lipinski definition) is 0. The highest BCUT2D eigenvalue weighted by molar-refractivity contribution is 7.59. The van der Waals surface area contributed by atoms with Crippen molar-refractivity contribution in [3.8, 4) is 0 Å². The van der Waals surface area contributed by atoms with E-state index in [4.69, 9.17) is 0 Å². The molecule has 0 aromatic rings. The normalized spacial score (nSPS) is 40.1. The molecular formula is C10H19P. The minimum Gasteiger partial charge on any atom is -0.101 e. The van der Waals surface area contributed by atoms with Crippen molar-refractivity contribution in [3.05, 3.63) is 0 Å². The van der Waals surface area contributed by atoms with Gasteiger partial charge >= 0.3 is 0 Å². The molecule has 2 fully saturated rings. The fourth-order valence-electron chi connectivity index (χ4n) is 2.73. The predicted molar refractivity (Wildman–Crippen MR) is 52.7 cm³/mol. The Morgan fingerprint density at radius 3 is 2.27 bits per heavy atom. The van der Waals surface area contributed by atoms with Crippen molar-refractivity contribution >= 4 is 7.92 Å². The summed E-state index contributed by atoms with van der Waals surface area (Å²) < 4.78 is 0. The SMILES string of the molecule is C[C@@H]1CCCP1C1CCCC1. The Labute approximate surface area is 71.5 Å². The van der Waals surface area contributed by atoms with Crippen LogP contribution in [0.1, 0.15) is 45.4 Å². The molecule has 0 aromatic carbocycles. The molecule has 64 valence electrons. The van der Waals surface area contributed by atoms with Gasteiger partial charge in [0.1, 0.15) is 0 Å². The molecule has 1 saturated heterocycles. The van der Waals surface area contributed by atoms with Gasteiger partial charge in [0.25, 0.3) is 0 Å². The van der Waals surface area contributed by atoms with Crippen LogP contribution in [0.2, 0.25) is 0 Å². The molecule has 2 aliphatic rings. The monoisotopic (exact) mass is 170 g/mol. The summed E-state index contributed by atoms with van der Waals surface area (Å²) in [6.07, 6.45) is 10.9. The van der Waals surface area contributed by atoms with Crippen molar-refractivity contribution in [1.29, 1.82) is 0 Å². The van der Waals surface area contributed by atoms with E-state index in [1.54, 1.807) is 31.8 Å². The highest BCUT2D eigenvalue weighted by atomic mass is 31.1. The zero-order valence-electron chi connectivity index (χ0n) is 7.55. The average molecular weight is 170 g/mol. The topological polar surface area (TPSA) is 0 Å². The van der Waals surface area contributed by atoms with Gasteiger partial charge in [-0.3, -0.25) is 0 Å². The van der Waals surface area contributed by atoms with Gasteiger partial charge in [-0.2, -0.15) is 0 Å². The molecule has 0 radical (unpaired) electrons. The van der Waals surface area contributed by atoms with Crippen LogP contribution in [0.4, 0.5) is 0 Å². The first kappa shape index (κ1) is 8.05. The zero-order valence-corrected chi connectivity index (χ0v) is 8.45. The standard InChI is InChI=1S/C10H19P/c1-9-5-4-8-11(9)10-6-2-3-7-10/h9-10H,2-8H2,1H3/t9-,11?/m1/s1. The van der Waals surface area contributed by atoms with Gasteiger partial charge in [-0.1, -0.05) is 19.8 Å². The highest BCUT2D eigenvalue weighted by Gasteiger charge is 2.31. The van der Waals surface area contributed by atoms with E-state index in [9.17, 15) is 0 Å². The van der Waals surface area contributed by atoms with Crippen molar-refractivity contribution in [2.45, 2.75) is 56.8 Å². The summed E-state index contributed by atoms with van der Waals surface area (Å²) in [7, 11) is 0.493. The van der Waals surface area contributed by atoms with Crippen LogP contribution in [-0.2, 0) is 0 Å². The molecule has 0 spiro atoms. The van der Waals surface area contributed by atoms with Gasteiger partial charge in [0.15, 0.2) is 0 Å². The third-order valence-corrected chi connectivity index (χ3v) is 7.08. The lowest BCUT2D eigenvalue weighted by molar-refractivity contribution is 0.826. The van der Waals surface area contributed by atoms with Crippen LogP contribution >= 0.6 is 7.92 Å². The summed E-state index contributed by atoms with van der Waals surface area (Å²) in [5.74, 6) is 0. The summed E-state index contributed by atoms with van der Waals surface area (Å²) in [6.45, 7) is 2.50. The van der Waals surface area contributed by atoms with Gasteiger partial charge in [0.05, 0.1) is 0 Å². The molecule has 0 nitrogen and oxygen atoms in total. The van der Waals surface area contributed by atoms with Crippen LogP contribution in [0, 0.1) is 0 Å². The first-order valence-electron chi connectivity index (χ1n) is 5.13. The molecule has 11 heavy (non-hydrogen) atoms. The van der Waals surface area contributed by atoms with Crippen molar-refractivity contribution < 1.29 is 0 Å². The molecule has 0 amide bonds. The van der Waals surface area contributed by atoms with E-state index in [0.29, 0.717) is 7.92 Å². The second-order valence-corrected chi connectivity index (χ2v) is 7.25. The Morgan fingerprint density at radius 2 is 1.73 bits per heavy atom. The van der Waals surface area contributed by atoms with Gasteiger partial charge in [0, 0.05) is 0 Å². The molecule has 1 heterocycles. The van der Waals surface area contributed by atoms with E-state index in [0.717, 1.165) is 5.66 Å². The fourth-order valence-corrected chi connectivity index (χ4v) is 6.35. The van der Waals surface area contributed by atoms with E-state index in [2.05, 4.69) is 6.92 Å². The first-order chi connectivity index (χ1) is 5.38. The minimum atomic E-state index is 0.493. The van der Waals surface area contributed by atoms with Crippen molar-refractivity contribution in [1.82, 2.24) is 0 Å². The van der Waals surface area contributed by atoms with Crippen LogP contribution in [0.25, 0.3) is 0 Å². The average Bonchev–Trinajstić information content (AvgIpc) is 2.55. The smallest absolute Gasteiger partial charge is 0.0207 e. The van der Waals surface area contributed by atoms with Crippen molar-refractivity contribution in [2.24, 2.45) is 0 Å². The molecule has 2 atom stereocenters. The van der Waals surface area contributed by atoms with Crippen LogP contribution < -0.4 is 0 Å². The van der Waals surface area contributed by atoms with E-state index in [1.807, 2.05) is 0 Å². The van der Waals surface area contributed by atoms with Crippen LogP contribution in [0.3, 0.4) is 0 Å². The third kappa shape index (κ3) is 1.61. The Kier molecular flexibility index (Phi) is 2.51. The maximum Gasteiger partial charge on any atom is -0.0207 e. The summed E-state index contributed by atoms with van der Waals surface area (Å²) in [5, 5.41) is 0. The summed E-state index contributed by atoms with van der Waals surface area (Å²) in [5.41, 5.74) is 2.32. The van der Waals surface area contributed by atoms with E-state index >= 15 is 0 Å². The second kappa shape index (κ2) is 3.44. The van der Waals surface area contributed by atoms with Crippen molar-refractivity contribution in [2.75, 3.05) is 6.16 Å². The molecule has 0 bridgehead atoms. The fraction of sp³-hybridized carbons (Fsp3) is 1.00. The van der Waals surface area contributed by atoms with Crippen LogP contribution in [-0.4, -0.2) is 17.5 Å². The van der Waals surface area contributed by atoms with E-state index < -0.39 is 0 Å². The van der Waals surface area contributed by atoms with Gasteiger partial charge in [-0.15, -0.1) is 7.92 Å². The first-order valence-corrected chi connectivity index (χ1v) is 6.80. The predicted octanol–water partition coefficient (Wildman–Crippen LogP) is 3.59. The largest absolute Gasteiger partial charge is 0.101 e. The molecule has 1 aliphatic carbocycles. The summed E-state index contributed by atoms with van der Waals surface area (Å²) in [6, 6.07) is 0. The quantitative estimate of drug-likeness (QED) is 0.527. The van der Waals surface area contributed by atoms with E-state index in [-0.39, 0.29) is 0 Å². The molecular weight excluding hydrogens is 151 g/mol. The van der Waals surface area contributed by atoms with Gasteiger partial charge in [-0.05, 0) is 43.2 Å². The molecule has 2 rings (SSSR count). The van der Waals surface area contributed by atoms with Gasteiger partial charge in [0.2, 0.25) is 0 Å². The zero-order chi connectivity index (χ0) is 7.68. The molecule has 1 unspecified atom stereocenters. The Balaban J connectivity index is 1.92. The summed E-state index contributed by atoms with van der Waals surface area (Å²) >= 11 is 0. The van der Waals surface area contributed by atoms with Crippen molar-refractivity contribution in [3.63, 3.8) is 0 Å². The number of hydrogen-bond acceptors (Lipinski definition) is 0. The minimum absolute atomic E-state index is 0.493. The van der Waals surface area contributed by atoms with Gasteiger partial charge < -0.3 is 0 Å². The lowest BCUT2D eigenvalue weighted by atomic mass is 10.3. The maximum absolute atomic E-state index is 2.50. The van der Waals surface area contributed by atoms with Crippen LogP contribution in [0.15, 0.2) is 0 Å². The Hall–Kier alpha value is 0.430. The van der Waals surface area contributed by atoms with Crippen LogP contribution in [0.5, 0.6) is 0 Å². The molecule has 1 heteroatoms. The lowest BCUT2D eigenvalue weighted by Crippen LogP contribution is -2.05. The maximum atomic E-state index is 2.50. The third-order valence-electron chi connectivity index (χ3n) is 3.40. The highest BCUT2D eigenvalue weighted by Crippen LogP contribution is 2.57. The van der Waals surface area contributed by atoms with Gasteiger partial charge in [-0.25, -0.2) is 0 Å². The molecule has 0 aromatic heterocycles. The molecule has 1 aliphatic heterocycles. The molecule has 1 saturated carbocycles. The number of rotatable bonds is 1. The lowest BCUT2D eigenvalue weighted by Gasteiger charge is -2.23. The summed E-state index contributed by atoms with van der Waals surface area (Å²) in [4.78, 5) is 0. The van der Waals surface area contributed by atoms with E-state index in [1.165, 1.54) is 18.5 Å². The Morgan fingerprint density at radius 1 is 1.00 bits per heavy atom. The second-order valence-electron chi connectivity index (χ2n) is 4.17. The Bertz CT molecular complexity index is 127. The molecule has 0 N–H and O–H groups in total.